The van der Waals surface area contributed by atoms with Crippen LogP contribution in [0.4, 0.5) is 0 Å². The summed E-state index contributed by atoms with van der Waals surface area (Å²) in [5, 5.41) is 8.99. The molecule has 0 aromatic heterocycles. The Labute approximate surface area is 64.3 Å². The van der Waals surface area contributed by atoms with Crippen LogP contribution in [0.5, 0.6) is 0 Å². The first-order valence-corrected chi connectivity index (χ1v) is 4.36. The van der Waals surface area contributed by atoms with E-state index >= 15 is 0 Å². The third-order valence-electron chi connectivity index (χ3n) is 1.12. The third-order valence-corrected chi connectivity index (χ3v) is 1.68. The molecule has 0 aliphatic carbocycles. The van der Waals surface area contributed by atoms with Crippen molar-refractivity contribution in [1.29, 1.82) is 0 Å². The predicted octanol–water partition coefficient (Wildman–Crippen LogP) is 2.43. The minimum atomic E-state index is 0.474. The lowest BCUT2D eigenvalue weighted by molar-refractivity contribution is -0.242. The topological polar surface area (TPSA) is 29.5 Å². The van der Waals surface area contributed by atoms with Gasteiger partial charge >= 0.3 is 0 Å². The minimum Gasteiger partial charge on any atom is -0.252 e. The van der Waals surface area contributed by atoms with Gasteiger partial charge < -0.3 is 0 Å². The fourth-order valence-corrected chi connectivity index (χ4v) is 1.01. The van der Waals surface area contributed by atoms with Crippen molar-refractivity contribution in [2.45, 2.75) is 25.7 Å². The average molecular weight is 197 g/mol. The number of alkyl halides is 1. The molecule has 0 aliphatic heterocycles. The maximum absolute atomic E-state index is 7.91. The largest absolute Gasteiger partial charge is 0.252 e. The highest BCUT2D eigenvalue weighted by atomic mass is 79.9. The first-order valence-electron chi connectivity index (χ1n) is 3.24. The van der Waals surface area contributed by atoms with Gasteiger partial charge in [0.25, 0.3) is 0 Å². The smallest absolute Gasteiger partial charge is 0.0819 e. The van der Waals surface area contributed by atoms with Crippen LogP contribution in [0, 0.1) is 0 Å². The predicted molar refractivity (Wildman–Crippen MR) is 40.8 cm³/mol. The molecule has 0 unspecified atom stereocenters. The van der Waals surface area contributed by atoms with Crippen LogP contribution in [0.1, 0.15) is 25.7 Å². The summed E-state index contributed by atoms with van der Waals surface area (Å²) >= 11 is 3.34. The molecule has 0 heterocycles. The van der Waals surface area contributed by atoms with E-state index < -0.39 is 0 Å². The van der Waals surface area contributed by atoms with Crippen molar-refractivity contribution in [3.63, 3.8) is 0 Å². The lowest BCUT2D eigenvalue weighted by atomic mass is 10.2. The summed E-state index contributed by atoms with van der Waals surface area (Å²) < 4.78 is 0. The molecule has 0 aromatic rings. The number of hydrogen-bond acceptors (Lipinski definition) is 2. The molecular weight excluding hydrogens is 184 g/mol. The van der Waals surface area contributed by atoms with Gasteiger partial charge in [-0.15, -0.1) is 0 Å². The first-order chi connectivity index (χ1) is 4.41. The monoisotopic (exact) mass is 196 g/mol. The summed E-state index contributed by atoms with van der Waals surface area (Å²) in [6.07, 6.45) is 4.54. The van der Waals surface area contributed by atoms with Crippen LogP contribution in [0.3, 0.4) is 0 Å². The van der Waals surface area contributed by atoms with Gasteiger partial charge in [-0.3, -0.25) is 5.26 Å². The molecule has 0 saturated heterocycles. The first kappa shape index (κ1) is 9.40. The van der Waals surface area contributed by atoms with Gasteiger partial charge in [-0.05, 0) is 12.8 Å². The van der Waals surface area contributed by atoms with Gasteiger partial charge in [0.2, 0.25) is 0 Å². The van der Waals surface area contributed by atoms with Gasteiger partial charge in [0, 0.05) is 5.33 Å². The summed E-state index contributed by atoms with van der Waals surface area (Å²) in [6.45, 7) is 0.474. The fourth-order valence-electron chi connectivity index (χ4n) is 0.615. The second-order valence-corrected chi connectivity index (χ2v) is 2.73. The van der Waals surface area contributed by atoms with E-state index in [1.165, 1.54) is 12.8 Å². The van der Waals surface area contributed by atoms with Crippen LogP contribution >= 0.6 is 15.9 Å². The molecule has 0 aromatic carbocycles. The molecule has 9 heavy (non-hydrogen) atoms. The van der Waals surface area contributed by atoms with Gasteiger partial charge in [-0.2, -0.15) is 0 Å². The van der Waals surface area contributed by atoms with Gasteiger partial charge in [0.05, 0.1) is 6.61 Å². The number of unbranched alkanes of at least 4 members (excludes halogenated alkanes) is 3. The Hall–Kier alpha value is 0.400. The Kier molecular flexibility index (Phi) is 8.77. The van der Waals surface area contributed by atoms with Crippen LogP contribution in [-0.4, -0.2) is 17.2 Å². The zero-order valence-corrected chi connectivity index (χ0v) is 7.06. The number of halogens is 1. The maximum atomic E-state index is 7.91. The Morgan fingerprint density at radius 1 is 1.11 bits per heavy atom. The standard InChI is InChI=1S/C6H13BrO2/c7-5-3-1-2-4-6-9-8/h8H,1-6H2. The van der Waals surface area contributed by atoms with Crippen molar-refractivity contribution in [3.8, 4) is 0 Å². The molecule has 1 N–H and O–H groups in total. The molecule has 0 bridgehead atoms. The Morgan fingerprint density at radius 3 is 2.33 bits per heavy atom. The van der Waals surface area contributed by atoms with E-state index in [9.17, 15) is 0 Å². The highest BCUT2D eigenvalue weighted by molar-refractivity contribution is 9.09. The van der Waals surface area contributed by atoms with Gasteiger partial charge in [0.15, 0.2) is 0 Å². The second kappa shape index (κ2) is 8.40. The maximum Gasteiger partial charge on any atom is 0.0819 e. The molecule has 56 valence electrons. The zero-order chi connectivity index (χ0) is 6.95. The molecule has 0 fully saturated rings. The van der Waals surface area contributed by atoms with Crippen LogP contribution in [0.25, 0.3) is 0 Å². The lowest BCUT2D eigenvalue weighted by Gasteiger charge is -1.95. The number of hydrogen-bond donors (Lipinski definition) is 1. The summed E-state index contributed by atoms with van der Waals surface area (Å²) in [5.74, 6) is 0. The molecule has 0 spiro atoms. The number of rotatable bonds is 6. The van der Waals surface area contributed by atoms with Gasteiger partial charge in [-0.25, -0.2) is 4.89 Å². The molecule has 0 atom stereocenters. The SMILES string of the molecule is OOCCCCCCBr. The molecule has 0 saturated carbocycles. The van der Waals surface area contributed by atoms with Crippen molar-refractivity contribution in [2.24, 2.45) is 0 Å². The van der Waals surface area contributed by atoms with Crippen LogP contribution < -0.4 is 0 Å². The Morgan fingerprint density at radius 2 is 1.78 bits per heavy atom. The van der Waals surface area contributed by atoms with E-state index in [4.69, 9.17) is 5.26 Å². The summed E-state index contributed by atoms with van der Waals surface area (Å²) in [5.41, 5.74) is 0. The van der Waals surface area contributed by atoms with E-state index in [-0.39, 0.29) is 0 Å². The normalized spacial score (nSPS) is 10.0. The van der Waals surface area contributed by atoms with Crippen LogP contribution in [-0.2, 0) is 4.89 Å². The van der Waals surface area contributed by atoms with Crippen molar-refractivity contribution >= 4 is 15.9 Å². The third kappa shape index (κ3) is 8.40. The molecular formula is C6H13BrO2. The van der Waals surface area contributed by atoms with Crippen LogP contribution in [0.2, 0.25) is 0 Å². The van der Waals surface area contributed by atoms with Crippen molar-refractivity contribution in [1.82, 2.24) is 0 Å². The van der Waals surface area contributed by atoms with Gasteiger partial charge in [-0.1, -0.05) is 28.8 Å². The zero-order valence-electron chi connectivity index (χ0n) is 5.48. The highest BCUT2D eigenvalue weighted by Crippen LogP contribution is 2.01. The second-order valence-electron chi connectivity index (χ2n) is 1.94. The highest BCUT2D eigenvalue weighted by Gasteiger charge is 1.87. The van der Waals surface area contributed by atoms with Crippen molar-refractivity contribution < 1.29 is 10.1 Å². The van der Waals surface area contributed by atoms with Crippen LogP contribution in [0.15, 0.2) is 0 Å². The quantitative estimate of drug-likeness (QED) is 0.306. The average Bonchev–Trinajstić information content (AvgIpc) is 1.89. The molecule has 0 aliphatic rings. The van der Waals surface area contributed by atoms with E-state index in [1.54, 1.807) is 0 Å². The summed E-state index contributed by atoms with van der Waals surface area (Å²) in [6, 6.07) is 0. The molecule has 2 nitrogen and oxygen atoms in total. The Bertz CT molecular complexity index is 44.3. The Balaban J connectivity index is 2.60. The van der Waals surface area contributed by atoms with E-state index in [1.807, 2.05) is 0 Å². The minimum absolute atomic E-state index is 0.474. The fraction of sp³-hybridized carbons (Fsp3) is 1.00. The van der Waals surface area contributed by atoms with E-state index in [2.05, 4.69) is 20.8 Å². The van der Waals surface area contributed by atoms with Crippen molar-refractivity contribution in [3.05, 3.63) is 0 Å². The summed E-state index contributed by atoms with van der Waals surface area (Å²) in [4.78, 5) is 3.91. The molecule has 0 amide bonds. The van der Waals surface area contributed by atoms with E-state index in [0.717, 1.165) is 18.2 Å². The van der Waals surface area contributed by atoms with Gasteiger partial charge in [0.1, 0.15) is 0 Å². The van der Waals surface area contributed by atoms with Crippen molar-refractivity contribution in [2.75, 3.05) is 11.9 Å². The molecule has 3 heteroatoms. The molecule has 0 rings (SSSR count). The lowest BCUT2D eigenvalue weighted by Crippen LogP contribution is -1.88. The van der Waals surface area contributed by atoms with E-state index in [0.29, 0.717) is 6.61 Å². The molecule has 0 radical (unpaired) electrons. The summed E-state index contributed by atoms with van der Waals surface area (Å²) in [7, 11) is 0.